The van der Waals surface area contributed by atoms with Gasteiger partial charge in [0.1, 0.15) is 5.75 Å². The number of rotatable bonds is 4. The quantitative estimate of drug-likeness (QED) is 0.314. The first kappa shape index (κ1) is 14.7. The van der Waals surface area contributed by atoms with Crippen molar-refractivity contribution in [2.45, 2.75) is 0 Å². The van der Waals surface area contributed by atoms with Crippen LogP contribution in [-0.4, -0.2) is 11.8 Å². The summed E-state index contributed by atoms with van der Waals surface area (Å²) < 4.78 is 5.34. The second-order valence-electron chi connectivity index (χ2n) is 4.96. The lowest BCUT2D eigenvalue weighted by molar-refractivity contribution is -0.128. The molecule has 0 amide bonds. The predicted octanol–water partition coefficient (Wildman–Crippen LogP) is 4.18. The molecule has 0 aliphatic rings. The number of hydrogen-bond donors (Lipinski definition) is 0. The van der Waals surface area contributed by atoms with E-state index in [4.69, 9.17) is 4.74 Å². The summed E-state index contributed by atoms with van der Waals surface area (Å²) in [5.41, 5.74) is 0.529. The summed E-state index contributed by atoms with van der Waals surface area (Å²) in [5, 5.41) is 1.84. The smallest absolute Gasteiger partial charge is 0.336 e. The Hall–Kier alpha value is -3.20. The van der Waals surface area contributed by atoms with Crippen LogP contribution in [-0.2, 0) is 4.79 Å². The number of fused-ring (bicyclic) bond motifs is 1. The Labute approximate surface area is 133 Å². The van der Waals surface area contributed by atoms with Gasteiger partial charge < -0.3 is 4.74 Å². The van der Waals surface area contributed by atoms with E-state index in [2.05, 4.69) is 0 Å². The standard InChI is InChI=1S/C20H14O3/c21-18(16-8-2-1-3-9-16)13-14-20(22)23-19-12-6-10-15-7-4-5-11-17(15)19/h1-14H. The first-order chi connectivity index (χ1) is 11.2. The zero-order chi connectivity index (χ0) is 16.1. The zero-order valence-corrected chi connectivity index (χ0v) is 12.3. The molecule has 3 rings (SSSR count). The number of hydrogen-bond acceptors (Lipinski definition) is 3. The minimum atomic E-state index is -0.578. The Balaban J connectivity index is 1.74. The minimum absolute atomic E-state index is 0.236. The van der Waals surface area contributed by atoms with Crippen LogP contribution >= 0.6 is 0 Å². The highest BCUT2D eigenvalue weighted by Crippen LogP contribution is 2.25. The van der Waals surface area contributed by atoms with Crippen LogP contribution in [0.1, 0.15) is 10.4 Å². The van der Waals surface area contributed by atoms with E-state index in [1.54, 1.807) is 30.3 Å². The Kier molecular flexibility index (Phi) is 4.29. The van der Waals surface area contributed by atoms with Gasteiger partial charge in [0, 0.05) is 17.0 Å². The van der Waals surface area contributed by atoms with Gasteiger partial charge in [-0.1, -0.05) is 66.7 Å². The normalized spacial score (nSPS) is 10.8. The Morgan fingerprint density at radius 3 is 2.26 bits per heavy atom. The second-order valence-corrected chi connectivity index (χ2v) is 4.96. The molecule has 0 spiro atoms. The molecule has 23 heavy (non-hydrogen) atoms. The van der Waals surface area contributed by atoms with Crippen molar-refractivity contribution in [3.63, 3.8) is 0 Å². The van der Waals surface area contributed by atoms with E-state index >= 15 is 0 Å². The van der Waals surface area contributed by atoms with E-state index in [-0.39, 0.29) is 5.78 Å². The summed E-state index contributed by atoms with van der Waals surface area (Å²) in [6, 6.07) is 21.9. The van der Waals surface area contributed by atoms with Crippen molar-refractivity contribution in [2.75, 3.05) is 0 Å². The van der Waals surface area contributed by atoms with Gasteiger partial charge in [-0.15, -0.1) is 0 Å². The molecule has 0 saturated carbocycles. The van der Waals surface area contributed by atoms with Crippen LogP contribution in [0.2, 0.25) is 0 Å². The third kappa shape index (κ3) is 3.52. The lowest BCUT2D eigenvalue weighted by Gasteiger charge is -2.05. The third-order valence-electron chi connectivity index (χ3n) is 3.39. The van der Waals surface area contributed by atoms with Gasteiger partial charge in [0.25, 0.3) is 0 Å². The molecule has 0 aromatic heterocycles. The Bertz CT molecular complexity index is 874. The first-order valence-corrected chi connectivity index (χ1v) is 7.21. The van der Waals surface area contributed by atoms with E-state index in [1.165, 1.54) is 6.08 Å². The number of ketones is 1. The van der Waals surface area contributed by atoms with Gasteiger partial charge in [0.05, 0.1) is 0 Å². The van der Waals surface area contributed by atoms with Crippen LogP contribution in [0.25, 0.3) is 10.8 Å². The first-order valence-electron chi connectivity index (χ1n) is 7.21. The predicted molar refractivity (Wildman–Crippen MR) is 89.5 cm³/mol. The van der Waals surface area contributed by atoms with Gasteiger partial charge in [-0.05, 0) is 17.5 Å². The van der Waals surface area contributed by atoms with Crippen LogP contribution < -0.4 is 4.74 Å². The number of allylic oxidation sites excluding steroid dienone is 1. The molecule has 0 unspecified atom stereocenters. The van der Waals surface area contributed by atoms with E-state index in [0.717, 1.165) is 16.8 Å². The Morgan fingerprint density at radius 2 is 1.43 bits per heavy atom. The SMILES string of the molecule is O=C(C=CC(=O)c1ccccc1)Oc1cccc2ccccc12. The molecule has 3 aromatic carbocycles. The van der Waals surface area contributed by atoms with Crippen molar-refractivity contribution in [3.05, 3.63) is 90.5 Å². The zero-order valence-electron chi connectivity index (χ0n) is 12.3. The molecule has 0 saturated heterocycles. The maximum Gasteiger partial charge on any atom is 0.336 e. The van der Waals surface area contributed by atoms with Gasteiger partial charge in [0.15, 0.2) is 5.78 Å². The third-order valence-corrected chi connectivity index (χ3v) is 3.39. The van der Waals surface area contributed by atoms with Crippen LogP contribution in [0.3, 0.4) is 0 Å². The van der Waals surface area contributed by atoms with Crippen LogP contribution in [0.15, 0.2) is 84.9 Å². The lowest BCUT2D eigenvalue weighted by Crippen LogP contribution is -2.05. The minimum Gasteiger partial charge on any atom is -0.423 e. The van der Waals surface area contributed by atoms with Gasteiger partial charge in [-0.2, -0.15) is 0 Å². The highest BCUT2D eigenvalue weighted by atomic mass is 16.5. The Morgan fingerprint density at radius 1 is 0.739 bits per heavy atom. The second kappa shape index (κ2) is 6.71. The topological polar surface area (TPSA) is 43.4 Å². The van der Waals surface area contributed by atoms with Gasteiger partial charge in [-0.3, -0.25) is 4.79 Å². The van der Waals surface area contributed by atoms with Crippen molar-refractivity contribution < 1.29 is 14.3 Å². The number of esters is 1. The summed E-state index contributed by atoms with van der Waals surface area (Å²) in [5.74, 6) is -0.337. The van der Waals surface area contributed by atoms with Crippen molar-refractivity contribution in [3.8, 4) is 5.75 Å². The number of carbonyl (C=O) groups excluding carboxylic acids is 2. The molecule has 0 N–H and O–H groups in total. The molecule has 0 aliphatic heterocycles. The maximum atomic E-state index is 11.9. The summed E-state index contributed by atoms with van der Waals surface area (Å²) in [7, 11) is 0. The number of ether oxygens (including phenoxy) is 1. The number of carbonyl (C=O) groups is 2. The van der Waals surface area contributed by atoms with Crippen molar-refractivity contribution in [1.29, 1.82) is 0 Å². The highest BCUT2D eigenvalue weighted by molar-refractivity contribution is 6.07. The lowest BCUT2D eigenvalue weighted by atomic mass is 10.1. The fourth-order valence-corrected chi connectivity index (χ4v) is 2.27. The molecule has 3 heteroatoms. The largest absolute Gasteiger partial charge is 0.423 e. The molecule has 112 valence electrons. The average Bonchev–Trinajstić information content (AvgIpc) is 2.61. The molecular weight excluding hydrogens is 288 g/mol. The molecule has 0 fully saturated rings. The van der Waals surface area contributed by atoms with E-state index in [9.17, 15) is 9.59 Å². The summed E-state index contributed by atoms with van der Waals surface area (Å²) >= 11 is 0. The van der Waals surface area contributed by atoms with Gasteiger partial charge in [0.2, 0.25) is 0 Å². The maximum absolute atomic E-state index is 11.9. The fraction of sp³-hybridized carbons (Fsp3) is 0. The fourth-order valence-electron chi connectivity index (χ4n) is 2.27. The molecule has 0 heterocycles. The van der Waals surface area contributed by atoms with Crippen molar-refractivity contribution in [1.82, 2.24) is 0 Å². The average molecular weight is 302 g/mol. The highest BCUT2D eigenvalue weighted by Gasteiger charge is 2.06. The van der Waals surface area contributed by atoms with Crippen molar-refractivity contribution in [2.24, 2.45) is 0 Å². The summed E-state index contributed by atoms with van der Waals surface area (Å²) in [6.07, 6.45) is 2.37. The van der Waals surface area contributed by atoms with Crippen molar-refractivity contribution >= 4 is 22.5 Å². The van der Waals surface area contributed by atoms with Crippen LogP contribution in [0, 0.1) is 0 Å². The summed E-state index contributed by atoms with van der Waals surface area (Å²) in [4.78, 5) is 23.9. The summed E-state index contributed by atoms with van der Waals surface area (Å²) in [6.45, 7) is 0. The van der Waals surface area contributed by atoms with Crippen LogP contribution in [0.4, 0.5) is 0 Å². The monoisotopic (exact) mass is 302 g/mol. The van der Waals surface area contributed by atoms with E-state index < -0.39 is 5.97 Å². The van der Waals surface area contributed by atoms with Crippen LogP contribution in [0.5, 0.6) is 5.75 Å². The van der Waals surface area contributed by atoms with Gasteiger partial charge >= 0.3 is 5.97 Å². The number of benzene rings is 3. The molecule has 0 radical (unpaired) electrons. The molecule has 3 aromatic rings. The van der Waals surface area contributed by atoms with E-state index in [1.807, 2.05) is 42.5 Å². The molecule has 0 bridgehead atoms. The van der Waals surface area contributed by atoms with Gasteiger partial charge in [-0.25, -0.2) is 4.79 Å². The molecule has 0 aliphatic carbocycles. The molecule has 0 atom stereocenters. The van der Waals surface area contributed by atoms with E-state index in [0.29, 0.717) is 11.3 Å². The molecule has 3 nitrogen and oxygen atoms in total. The molecular formula is C20H14O3.